The molecular formula is C13H19NO3S. The van der Waals surface area contributed by atoms with Crippen LogP contribution >= 0.6 is 0 Å². The topological polar surface area (TPSA) is 57.6 Å². The maximum atomic E-state index is 12.2. The summed E-state index contributed by atoms with van der Waals surface area (Å²) in [5.41, 5.74) is 0.0773. The molecule has 18 heavy (non-hydrogen) atoms. The molecule has 0 saturated carbocycles. The molecule has 0 aliphatic carbocycles. The highest BCUT2D eigenvalue weighted by Crippen LogP contribution is 2.24. The molecule has 4 nitrogen and oxygen atoms in total. The van der Waals surface area contributed by atoms with Crippen molar-refractivity contribution in [1.29, 1.82) is 0 Å². The minimum Gasteiger partial charge on any atom is -0.390 e. The molecule has 1 heterocycles. The second-order valence-corrected chi connectivity index (χ2v) is 7.11. The standard InChI is InChI=1S/C13H19NO3S/c1-13(15)7-9-14(10-8-13)18(16,17)11-12-5-3-2-4-6-12/h2-6,15H,7-11H2,1H3. The van der Waals surface area contributed by atoms with Crippen LogP contribution in [-0.4, -0.2) is 36.5 Å². The summed E-state index contributed by atoms with van der Waals surface area (Å²) < 4.78 is 25.9. The fourth-order valence-corrected chi connectivity index (χ4v) is 3.66. The number of benzene rings is 1. The van der Waals surface area contributed by atoms with Gasteiger partial charge in [-0.05, 0) is 25.3 Å². The second-order valence-electron chi connectivity index (χ2n) is 5.14. The maximum Gasteiger partial charge on any atom is 0.218 e. The Bertz CT molecular complexity index is 486. The monoisotopic (exact) mass is 269 g/mol. The van der Waals surface area contributed by atoms with Crippen molar-refractivity contribution in [2.45, 2.75) is 31.1 Å². The molecule has 1 aromatic rings. The molecule has 0 unspecified atom stereocenters. The van der Waals surface area contributed by atoms with Gasteiger partial charge in [-0.2, -0.15) is 0 Å². The van der Waals surface area contributed by atoms with Crippen molar-refractivity contribution < 1.29 is 13.5 Å². The summed E-state index contributed by atoms with van der Waals surface area (Å²) in [5, 5.41) is 9.83. The van der Waals surface area contributed by atoms with Gasteiger partial charge in [-0.25, -0.2) is 12.7 Å². The summed E-state index contributed by atoms with van der Waals surface area (Å²) in [6, 6.07) is 9.18. The van der Waals surface area contributed by atoms with Crippen LogP contribution in [0.2, 0.25) is 0 Å². The number of rotatable bonds is 3. The molecule has 2 rings (SSSR count). The molecule has 0 bridgehead atoms. The van der Waals surface area contributed by atoms with Gasteiger partial charge in [0.25, 0.3) is 0 Å². The van der Waals surface area contributed by atoms with Crippen molar-refractivity contribution in [2.75, 3.05) is 13.1 Å². The van der Waals surface area contributed by atoms with Crippen LogP contribution in [0.3, 0.4) is 0 Å². The lowest BCUT2D eigenvalue weighted by Gasteiger charge is -2.35. The van der Waals surface area contributed by atoms with Crippen LogP contribution in [0.1, 0.15) is 25.3 Å². The average Bonchev–Trinajstić information content (AvgIpc) is 2.29. The van der Waals surface area contributed by atoms with Gasteiger partial charge in [0.05, 0.1) is 11.4 Å². The fraction of sp³-hybridized carbons (Fsp3) is 0.538. The molecule has 0 aromatic heterocycles. The summed E-state index contributed by atoms with van der Waals surface area (Å²) >= 11 is 0. The lowest BCUT2D eigenvalue weighted by Crippen LogP contribution is -2.45. The highest BCUT2D eigenvalue weighted by atomic mass is 32.2. The normalized spacial score (nSPS) is 20.8. The molecule has 0 atom stereocenters. The van der Waals surface area contributed by atoms with Gasteiger partial charge < -0.3 is 5.11 Å². The molecule has 100 valence electrons. The number of piperidine rings is 1. The molecule has 1 saturated heterocycles. The SMILES string of the molecule is CC1(O)CCN(S(=O)(=O)Cc2ccccc2)CC1. The predicted octanol–water partition coefficient (Wildman–Crippen LogP) is 1.36. The van der Waals surface area contributed by atoms with Gasteiger partial charge in [0.2, 0.25) is 10.0 Å². The van der Waals surface area contributed by atoms with Crippen molar-refractivity contribution in [3.63, 3.8) is 0 Å². The summed E-state index contributed by atoms with van der Waals surface area (Å²) in [5.74, 6) is 0.0377. The Morgan fingerprint density at radius 1 is 1.22 bits per heavy atom. The van der Waals surface area contributed by atoms with E-state index in [2.05, 4.69) is 0 Å². The zero-order chi connectivity index (χ0) is 13.2. The molecular weight excluding hydrogens is 250 g/mol. The first-order valence-corrected chi connectivity index (χ1v) is 7.74. The molecule has 1 aliphatic rings. The zero-order valence-electron chi connectivity index (χ0n) is 10.5. The van der Waals surface area contributed by atoms with Crippen LogP contribution in [0, 0.1) is 0 Å². The van der Waals surface area contributed by atoms with Gasteiger partial charge >= 0.3 is 0 Å². The van der Waals surface area contributed by atoms with Gasteiger partial charge in [-0.3, -0.25) is 0 Å². The number of nitrogens with zero attached hydrogens (tertiary/aromatic N) is 1. The van der Waals surface area contributed by atoms with E-state index in [0.29, 0.717) is 25.9 Å². The first kappa shape index (κ1) is 13.5. The number of aliphatic hydroxyl groups is 1. The highest BCUT2D eigenvalue weighted by Gasteiger charge is 2.32. The van der Waals surface area contributed by atoms with Gasteiger partial charge in [0.1, 0.15) is 0 Å². The smallest absolute Gasteiger partial charge is 0.218 e. The summed E-state index contributed by atoms with van der Waals surface area (Å²) in [7, 11) is -3.26. The molecule has 5 heteroatoms. The Morgan fingerprint density at radius 3 is 2.33 bits per heavy atom. The van der Waals surface area contributed by atoms with Crippen molar-refractivity contribution in [3.05, 3.63) is 35.9 Å². The van der Waals surface area contributed by atoms with Crippen molar-refractivity contribution in [1.82, 2.24) is 4.31 Å². The van der Waals surface area contributed by atoms with Gasteiger partial charge in [0.15, 0.2) is 0 Å². The van der Waals surface area contributed by atoms with E-state index in [0.717, 1.165) is 5.56 Å². The van der Waals surface area contributed by atoms with E-state index in [1.54, 1.807) is 6.92 Å². The van der Waals surface area contributed by atoms with Gasteiger partial charge in [-0.15, -0.1) is 0 Å². The largest absolute Gasteiger partial charge is 0.390 e. The fourth-order valence-electron chi connectivity index (χ4n) is 2.12. The third kappa shape index (κ3) is 3.31. The Labute approximate surface area is 108 Å². The Kier molecular flexibility index (Phi) is 3.75. The quantitative estimate of drug-likeness (QED) is 0.901. The van der Waals surface area contributed by atoms with Crippen LogP contribution in [0.25, 0.3) is 0 Å². The van der Waals surface area contributed by atoms with Crippen LogP contribution in [-0.2, 0) is 15.8 Å². The van der Waals surface area contributed by atoms with Crippen molar-refractivity contribution in [2.24, 2.45) is 0 Å². The Hall–Kier alpha value is -0.910. The van der Waals surface area contributed by atoms with Crippen LogP contribution < -0.4 is 0 Å². The Balaban J connectivity index is 2.04. The second kappa shape index (κ2) is 4.99. The summed E-state index contributed by atoms with van der Waals surface area (Å²) in [6.45, 7) is 2.57. The average molecular weight is 269 g/mol. The van der Waals surface area contributed by atoms with Crippen molar-refractivity contribution in [3.8, 4) is 0 Å². The number of sulfonamides is 1. The van der Waals surface area contributed by atoms with E-state index in [-0.39, 0.29) is 5.75 Å². The van der Waals surface area contributed by atoms with E-state index < -0.39 is 15.6 Å². The first-order chi connectivity index (χ1) is 8.39. The lowest BCUT2D eigenvalue weighted by molar-refractivity contribution is 0.0126. The molecule has 1 aliphatic heterocycles. The molecule has 1 N–H and O–H groups in total. The number of hydrogen-bond donors (Lipinski definition) is 1. The molecule has 1 aromatic carbocycles. The molecule has 1 fully saturated rings. The van der Waals surface area contributed by atoms with E-state index in [4.69, 9.17) is 0 Å². The van der Waals surface area contributed by atoms with Gasteiger partial charge in [-0.1, -0.05) is 30.3 Å². The van der Waals surface area contributed by atoms with Crippen LogP contribution in [0.5, 0.6) is 0 Å². The third-order valence-electron chi connectivity index (χ3n) is 3.38. The number of hydrogen-bond acceptors (Lipinski definition) is 3. The summed E-state index contributed by atoms with van der Waals surface area (Å²) in [6.07, 6.45) is 1.00. The Morgan fingerprint density at radius 2 is 1.78 bits per heavy atom. The minimum absolute atomic E-state index is 0.0377. The maximum absolute atomic E-state index is 12.2. The predicted molar refractivity (Wildman–Crippen MR) is 70.5 cm³/mol. The third-order valence-corrected chi connectivity index (χ3v) is 5.23. The van der Waals surface area contributed by atoms with Gasteiger partial charge in [0, 0.05) is 13.1 Å². The van der Waals surface area contributed by atoms with Crippen molar-refractivity contribution >= 4 is 10.0 Å². The molecule has 0 radical (unpaired) electrons. The summed E-state index contributed by atoms with van der Waals surface area (Å²) in [4.78, 5) is 0. The first-order valence-electron chi connectivity index (χ1n) is 6.13. The van der Waals surface area contributed by atoms with E-state index in [9.17, 15) is 13.5 Å². The van der Waals surface area contributed by atoms with Crippen LogP contribution in [0.15, 0.2) is 30.3 Å². The molecule has 0 spiro atoms. The van der Waals surface area contributed by atoms with Crippen LogP contribution in [0.4, 0.5) is 0 Å². The minimum atomic E-state index is -3.26. The molecule has 0 amide bonds. The van der Waals surface area contributed by atoms with E-state index >= 15 is 0 Å². The van der Waals surface area contributed by atoms with E-state index in [1.807, 2.05) is 30.3 Å². The lowest BCUT2D eigenvalue weighted by atomic mass is 9.95. The van der Waals surface area contributed by atoms with E-state index in [1.165, 1.54) is 4.31 Å². The highest BCUT2D eigenvalue weighted by molar-refractivity contribution is 7.88. The zero-order valence-corrected chi connectivity index (χ0v) is 11.4.